The van der Waals surface area contributed by atoms with Crippen molar-refractivity contribution in [2.75, 3.05) is 0 Å². The number of hydrogen-bond acceptors (Lipinski definition) is 3. The molecule has 0 saturated heterocycles. The lowest BCUT2D eigenvalue weighted by atomic mass is 10.3. The van der Waals surface area contributed by atoms with E-state index in [1.807, 2.05) is 36.8 Å². The molecule has 18 heavy (non-hydrogen) atoms. The van der Waals surface area contributed by atoms with Crippen molar-refractivity contribution in [1.82, 2.24) is 24.9 Å². The first kappa shape index (κ1) is 10.5. The monoisotopic (exact) mass is 237 g/mol. The highest BCUT2D eigenvalue weighted by Gasteiger charge is 1.89. The summed E-state index contributed by atoms with van der Waals surface area (Å²) in [7, 11) is 0. The predicted molar refractivity (Wildman–Crippen MR) is 70.0 cm³/mol. The van der Waals surface area contributed by atoms with Gasteiger partial charge in [0.1, 0.15) is 6.33 Å². The fourth-order valence-corrected chi connectivity index (χ4v) is 1.69. The second-order valence-electron chi connectivity index (χ2n) is 3.74. The summed E-state index contributed by atoms with van der Waals surface area (Å²) >= 11 is 0. The summed E-state index contributed by atoms with van der Waals surface area (Å²) in [4.78, 5) is 17.9. The van der Waals surface area contributed by atoms with E-state index in [1.54, 1.807) is 12.4 Å². The van der Waals surface area contributed by atoms with Gasteiger partial charge in [0.05, 0.1) is 17.2 Å². The Morgan fingerprint density at radius 3 is 2.61 bits per heavy atom. The van der Waals surface area contributed by atoms with Crippen LogP contribution in [0.1, 0.15) is 0 Å². The number of aromatic nitrogens is 5. The topological polar surface area (TPSA) is 70.2 Å². The van der Waals surface area contributed by atoms with E-state index in [4.69, 9.17) is 0 Å². The van der Waals surface area contributed by atoms with Gasteiger partial charge in [-0.15, -0.1) is 0 Å². The van der Waals surface area contributed by atoms with Gasteiger partial charge in [0.25, 0.3) is 0 Å². The van der Waals surface area contributed by atoms with Crippen LogP contribution in [0.4, 0.5) is 0 Å². The van der Waals surface area contributed by atoms with Gasteiger partial charge in [-0.05, 0) is 18.2 Å². The van der Waals surface area contributed by atoms with Crippen LogP contribution in [0.5, 0.6) is 0 Å². The van der Waals surface area contributed by atoms with Gasteiger partial charge in [0, 0.05) is 35.7 Å². The van der Waals surface area contributed by atoms with Gasteiger partial charge in [-0.2, -0.15) is 0 Å². The minimum Gasteiger partial charge on any atom is -0.361 e. The molecule has 0 saturated carbocycles. The SMILES string of the molecule is c1cc2[nH]ccc2cn1.c1ncc2[nH]ccc2n1. The minimum absolute atomic E-state index is 0.963. The molecule has 0 amide bonds. The van der Waals surface area contributed by atoms with E-state index >= 15 is 0 Å². The molecule has 0 spiro atoms. The molecule has 0 aliphatic carbocycles. The van der Waals surface area contributed by atoms with Gasteiger partial charge in [-0.3, -0.25) is 4.98 Å². The summed E-state index contributed by atoms with van der Waals surface area (Å²) in [6.45, 7) is 0. The summed E-state index contributed by atoms with van der Waals surface area (Å²) in [5.41, 5.74) is 3.09. The van der Waals surface area contributed by atoms with Gasteiger partial charge in [0.2, 0.25) is 0 Å². The average molecular weight is 237 g/mol. The molecule has 2 N–H and O–H groups in total. The molecule has 4 aromatic rings. The van der Waals surface area contributed by atoms with Crippen LogP contribution in [-0.2, 0) is 0 Å². The Kier molecular flexibility index (Phi) is 2.71. The minimum atomic E-state index is 0.963. The molecule has 5 nitrogen and oxygen atoms in total. The Balaban J connectivity index is 0.000000111. The molecule has 0 aliphatic heterocycles. The first-order valence-electron chi connectivity index (χ1n) is 5.54. The molecule has 0 atom stereocenters. The summed E-state index contributed by atoms with van der Waals surface area (Å²) in [5, 5.41) is 1.16. The van der Waals surface area contributed by atoms with Crippen molar-refractivity contribution in [3.05, 3.63) is 55.5 Å². The second-order valence-corrected chi connectivity index (χ2v) is 3.74. The number of hydrogen-bond donors (Lipinski definition) is 2. The van der Waals surface area contributed by atoms with Crippen molar-refractivity contribution in [3.8, 4) is 0 Å². The number of fused-ring (bicyclic) bond motifs is 2. The highest BCUT2D eigenvalue weighted by Crippen LogP contribution is 2.07. The van der Waals surface area contributed by atoms with Crippen molar-refractivity contribution in [2.24, 2.45) is 0 Å². The Morgan fingerprint density at radius 2 is 1.72 bits per heavy atom. The first-order valence-corrected chi connectivity index (χ1v) is 5.54. The highest BCUT2D eigenvalue weighted by molar-refractivity contribution is 5.77. The summed E-state index contributed by atoms with van der Waals surface area (Å²) in [6, 6.07) is 5.87. The van der Waals surface area contributed by atoms with Crippen LogP contribution >= 0.6 is 0 Å². The van der Waals surface area contributed by atoms with Gasteiger partial charge in [-0.25, -0.2) is 9.97 Å². The van der Waals surface area contributed by atoms with Crippen molar-refractivity contribution < 1.29 is 0 Å². The third-order valence-electron chi connectivity index (χ3n) is 2.58. The van der Waals surface area contributed by atoms with E-state index in [0.29, 0.717) is 0 Å². The zero-order valence-corrected chi connectivity index (χ0v) is 9.54. The van der Waals surface area contributed by atoms with Crippen molar-refractivity contribution in [2.45, 2.75) is 0 Å². The molecule has 0 bridgehead atoms. The normalized spacial score (nSPS) is 10.2. The highest BCUT2D eigenvalue weighted by atomic mass is 14.9. The average Bonchev–Trinajstić information content (AvgIpc) is 3.08. The van der Waals surface area contributed by atoms with Crippen molar-refractivity contribution in [3.63, 3.8) is 0 Å². The lowest BCUT2D eigenvalue weighted by Crippen LogP contribution is -1.74. The molecular formula is C13H11N5. The zero-order chi connectivity index (χ0) is 12.2. The Labute approximate surface area is 103 Å². The molecule has 0 aromatic carbocycles. The Morgan fingerprint density at radius 1 is 0.833 bits per heavy atom. The third kappa shape index (κ3) is 2.06. The van der Waals surface area contributed by atoms with Gasteiger partial charge in [0.15, 0.2) is 0 Å². The van der Waals surface area contributed by atoms with E-state index in [2.05, 4.69) is 24.9 Å². The predicted octanol–water partition coefficient (Wildman–Crippen LogP) is 2.52. The summed E-state index contributed by atoms with van der Waals surface area (Å²) < 4.78 is 0. The van der Waals surface area contributed by atoms with E-state index in [9.17, 15) is 0 Å². The van der Waals surface area contributed by atoms with Crippen molar-refractivity contribution >= 4 is 21.9 Å². The van der Waals surface area contributed by atoms with Crippen LogP contribution in [0.25, 0.3) is 21.9 Å². The number of nitrogens with zero attached hydrogens (tertiary/aromatic N) is 3. The molecule has 0 fully saturated rings. The molecule has 4 aromatic heterocycles. The quantitative estimate of drug-likeness (QED) is 0.493. The van der Waals surface area contributed by atoms with Crippen LogP contribution < -0.4 is 0 Å². The van der Waals surface area contributed by atoms with Crippen LogP contribution in [0.15, 0.2) is 55.5 Å². The molecule has 4 rings (SSSR count). The van der Waals surface area contributed by atoms with Gasteiger partial charge < -0.3 is 9.97 Å². The van der Waals surface area contributed by atoms with E-state index < -0.39 is 0 Å². The van der Waals surface area contributed by atoms with Crippen LogP contribution in [0.3, 0.4) is 0 Å². The fraction of sp³-hybridized carbons (Fsp3) is 0. The maximum atomic E-state index is 4.00. The summed E-state index contributed by atoms with van der Waals surface area (Å²) in [5.74, 6) is 0. The first-order chi connectivity index (χ1) is 8.93. The maximum absolute atomic E-state index is 4.00. The lowest BCUT2D eigenvalue weighted by Gasteiger charge is -1.82. The van der Waals surface area contributed by atoms with Gasteiger partial charge in [-0.1, -0.05) is 0 Å². The number of rotatable bonds is 0. The van der Waals surface area contributed by atoms with Crippen molar-refractivity contribution in [1.29, 1.82) is 0 Å². The molecule has 0 radical (unpaired) electrons. The number of nitrogens with one attached hydrogen (secondary N) is 2. The second kappa shape index (κ2) is 4.67. The standard InChI is InChI=1S/C7H6N2.C6H5N3/c1-4-9-7-2-3-8-5-6(1)7;1-2-8-6-3-7-4-9-5(1)6/h1-5,9H;1-4,8H. The summed E-state index contributed by atoms with van der Waals surface area (Å²) in [6.07, 6.45) is 10.7. The number of H-pyrrole nitrogens is 2. The molecule has 4 heterocycles. The maximum Gasteiger partial charge on any atom is 0.116 e. The van der Waals surface area contributed by atoms with Crippen LogP contribution in [0.2, 0.25) is 0 Å². The van der Waals surface area contributed by atoms with E-state index in [1.165, 1.54) is 6.33 Å². The van der Waals surface area contributed by atoms with Gasteiger partial charge >= 0.3 is 0 Å². The number of aromatic amines is 2. The lowest BCUT2D eigenvalue weighted by molar-refractivity contribution is 1.22. The van der Waals surface area contributed by atoms with E-state index in [0.717, 1.165) is 21.9 Å². The van der Waals surface area contributed by atoms with Crippen LogP contribution in [0, 0.1) is 0 Å². The Bertz CT molecular complexity index is 629. The molecule has 0 unspecified atom stereocenters. The van der Waals surface area contributed by atoms with E-state index in [-0.39, 0.29) is 0 Å². The third-order valence-corrected chi connectivity index (χ3v) is 2.58. The molecule has 0 aliphatic rings. The van der Waals surface area contributed by atoms with Crippen LogP contribution in [-0.4, -0.2) is 24.9 Å². The number of pyridine rings is 1. The largest absolute Gasteiger partial charge is 0.361 e. The molecular weight excluding hydrogens is 226 g/mol. The Hall–Kier alpha value is -2.69. The molecule has 88 valence electrons. The molecule has 5 heteroatoms. The fourth-order valence-electron chi connectivity index (χ4n) is 1.69. The smallest absolute Gasteiger partial charge is 0.116 e. The zero-order valence-electron chi connectivity index (χ0n) is 9.54.